The Kier molecular flexibility index (Phi) is 9.17. The van der Waals surface area contributed by atoms with Crippen LogP contribution in [0.15, 0.2) is 24.3 Å². The molecule has 1 aliphatic heterocycles. The normalized spacial score (nSPS) is 13.8. The molecule has 7 heteroatoms. The minimum absolute atomic E-state index is 0.0112. The van der Waals surface area contributed by atoms with Crippen LogP contribution in [0, 0.1) is 10.1 Å². The van der Waals surface area contributed by atoms with Crippen LogP contribution < -0.4 is 4.74 Å². The van der Waals surface area contributed by atoms with Crippen molar-refractivity contribution in [3.05, 3.63) is 34.4 Å². The Hall–Kier alpha value is -2.44. The van der Waals surface area contributed by atoms with E-state index in [9.17, 15) is 19.7 Å². The van der Waals surface area contributed by atoms with Crippen molar-refractivity contribution in [2.75, 3.05) is 0 Å². The molecule has 1 heterocycles. The lowest BCUT2D eigenvalue weighted by molar-refractivity contribution is -0.384. The van der Waals surface area contributed by atoms with Gasteiger partial charge < -0.3 is 9.47 Å². The largest absolute Gasteiger partial charge is 0.489 e. The predicted octanol–water partition coefficient (Wildman–Crippen LogP) is 3.26. The Morgan fingerprint density at radius 3 is 1.91 bits per heavy atom. The number of non-ortho nitro benzene ring substituents is 1. The highest BCUT2D eigenvalue weighted by Gasteiger charge is 2.28. The van der Waals surface area contributed by atoms with Crippen LogP contribution in [-0.2, 0) is 14.3 Å². The summed E-state index contributed by atoms with van der Waals surface area (Å²) in [6.45, 7) is 8.00. The third kappa shape index (κ3) is 6.34. The maximum absolute atomic E-state index is 11.0. The van der Waals surface area contributed by atoms with Gasteiger partial charge in [-0.3, -0.25) is 19.7 Å². The second kappa shape index (κ2) is 10.3. The van der Waals surface area contributed by atoms with E-state index in [2.05, 4.69) is 4.74 Å². The van der Waals surface area contributed by atoms with E-state index in [0.29, 0.717) is 5.75 Å². The van der Waals surface area contributed by atoms with Crippen molar-refractivity contribution in [2.24, 2.45) is 0 Å². The third-order valence-electron chi connectivity index (χ3n) is 2.37. The number of cyclic esters (lactones) is 2. The van der Waals surface area contributed by atoms with Crippen molar-refractivity contribution >= 4 is 17.6 Å². The number of nitro benzene ring substituents is 1. The second-order valence-corrected chi connectivity index (χ2v) is 3.75. The molecule has 0 saturated carbocycles. The van der Waals surface area contributed by atoms with Gasteiger partial charge in [0.1, 0.15) is 11.9 Å². The summed E-state index contributed by atoms with van der Waals surface area (Å²) >= 11 is 0. The fraction of sp³-hybridized carbons (Fsp3) is 0.467. The van der Waals surface area contributed by atoms with E-state index >= 15 is 0 Å². The number of esters is 2. The number of carbonyl (C=O) groups excluding carboxylic acids is 2. The minimum Gasteiger partial charge on any atom is -0.489 e. The Balaban J connectivity index is 0.00000102. The fourth-order valence-corrected chi connectivity index (χ4v) is 1.58. The van der Waals surface area contributed by atoms with Crippen molar-refractivity contribution < 1.29 is 24.0 Å². The third-order valence-corrected chi connectivity index (χ3v) is 2.37. The smallest absolute Gasteiger partial charge is 0.317 e. The molecule has 0 aliphatic carbocycles. The molecule has 1 aromatic carbocycles. The number of carbonyl (C=O) groups is 2. The molecule has 0 radical (unpaired) electrons. The first-order valence-corrected chi connectivity index (χ1v) is 7.19. The maximum atomic E-state index is 11.0. The number of hydrogen-bond donors (Lipinski definition) is 0. The number of nitro groups is 1. The van der Waals surface area contributed by atoms with E-state index in [1.807, 2.05) is 27.7 Å². The SMILES string of the molecule is CC.CC.O=C1CC(Oc2ccc([N+](=O)[O-])cc2)CC(=O)O1. The first kappa shape index (κ1) is 19.6. The Morgan fingerprint density at radius 2 is 1.50 bits per heavy atom. The summed E-state index contributed by atoms with van der Waals surface area (Å²) in [4.78, 5) is 31.9. The Morgan fingerprint density at radius 1 is 1.05 bits per heavy atom. The summed E-state index contributed by atoms with van der Waals surface area (Å²) in [5.74, 6) is -0.885. The molecule has 0 bridgehead atoms. The van der Waals surface area contributed by atoms with Crippen LogP contribution >= 0.6 is 0 Å². The van der Waals surface area contributed by atoms with Gasteiger partial charge in [-0.2, -0.15) is 0 Å². The lowest BCUT2D eigenvalue weighted by Crippen LogP contribution is -2.32. The molecule has 1 saturated heterocycles. The summed E-state index contributed by atoms with van der Waals surface area (Å²) in [6.07, 6.45) is -0.606. The standard InChI is InChI=1S/C11H9NO6.2C2H6/c13-10-5-9(6-11(14)18-10)17-8-3-1-7(2-4-8)12(15)16;2*1-2/h1-4,9H,5-6H2;2*1-2H3. The molecule has 0 amide bonds. The first-order chi connectivity index (χ1) is 10.5. The molecule has 22 heavy (non-hydrogen) atoms. The summed E-state index contributed by atoms with van der Waals surface area (Å²) < 4.78 is 9.74. The molecule has 0 aromatic heterocycles. The van der Waals surface area contributed by atoms with E-state index in [-0.39, 0.29) is 18.5 Å². The Labute approximate surface area is 129 Å². The molecule has 1 fully saturated rings. The fourth-order valence-electron chi connectivity index (χ4n) is 1.58. The van der Waals surface area contributed by atoms with Crippen LogP contribution in [-0.4, -0.2) is 23.0 Å². The molecule has 0 atom stereocenters. The molecular weight excluding hydrogens is 290 g/mol. The lowest BCUT2D eigenvalue weighted by atomic mass is 10.1. The van der Waals surface area contributed by atoms with Gasteiger partial charge in [-0.1, -0.05) is 27.7 Å². The zero-order valence-electron chi connectivity index (χ0n) is 13.2. The summed E-state index contributed by atoms with van der Waals surface area (Å²) in [5, 5.41) is 10.4. The Bertz CT molecular complexity index is 481. The molecular formula is C15H21NO6. The number of hydrogen-bond acceptors (Lipinski definition) is 6. The molecule has 7 nitrogen and oxygen atoms in total. The van der Waals surface area contributed by atoms with Crippen LogP contribution in [0.2, 0.25) is 0 Å². The van der Waals surface area contributed by atoms with Gasteiger partial charge in [-0.25, -0.2) is 0 Å². The topological polar surface area (TPSA) is 95.7 Å². The maximum Gasteiger partial charge on any atom is 0.317 e. The van der Waals surface area contributed by atoms with Crippen molar-refractivity contribution in [1.29, 1.82) is 0 Å². The molecule has 0 spiro atoms. The monoisotopic (exact) mass is 311 g/mol. The van der Waals surface area contributed by atoms with E-state index in [1.54, 1.807) is 0 Å². The molecule has 1 aromatic rings. The highest BCUT2D eigenvalue weighted by molar-refractivity contribution is 5.88. The highest BCUT2D eigenvalue weighted by atomic mass is 16.6. The van der Waals surface area contributed by atoms with Gasteiger partial charge in [0.2, 0.25) is 0 Å². The van der Waals surface area contributed by atoms with Crippen LogP contribution in [0.25, 0.3) is 0 Å². The second-order valence-electron chi connectivity index (χ2n) is 3.75. The lowest BCUT2D eigenvalue weighted by Gasteiger charge is -2.20. The number of nitrogens with zero attached hydrogens (tertiary/aromatic N) is 1. The van der Waals surface area contributed by atoms with E-state index in [1.165, 1.54) is 24.3 Å². The summed E-state index contributed by atoms with van der Waals surface area (Å²) in [5.41, 5.74) is -0.0542. The predicted molar refractivity (Wildman–Crippen MR) is 80.5 cm³/mol. The quantitative estimate of drug-likeness (QED) is 0.368. The molecule has 0 unspecified atom stereocenters. The first-order valence-electron chi connectivity index (χ1n) is 7.19. The minimum atomic E-state index is -0.627. The van der Waals surface area contributed by atoms with Crippen LogP contribution in [0.5, 0.6) is 5.75 Å². The molecule has 1 aliphatic rings. The molecule has 122 valence electrons. The van der Waals surface area contributed by atoms with Gasteiger partial charge >= 0.3 is 11.9 Å². The summed E-state index contributed by atoms with van der Waals surface area (Å²) in [6, 6.07) is 5.42. The van der Waals surface area contributed by atoms with Gasteiger partial charge in [0, 0.05) is 12.1 Å². The van der Waals surface area contributed by atoms with E-state index < -0.39 is 23.0 Å². The van der Waals surface area contributed by atoms with Gasteiger partial charge in [0.05, 0.1) is 17.8 Å². The average molecular weight is 311 g/mol. The van der Waals surface area contributed by atoms with E-state index in [4.69, 9.17) is 4.74 Å². The van der Waals surface area contributed by atoms with Crippen molar-refractivity contribution in [3.8, 4) is 5.75 Å². The van der Waals surface area contributed by atoms with Gasteiger partial charge in [0.25, 0.3) is 5.69 Å². The van der Waals surface area contributed by atoms with Gasteiger partial charge in [-0.15, -0.1) is 0 Å². The van der Waals surface area contributed by atoms with E-state index in [0.717, 1.165) is 0 Å². The van der Waals surface area contributed by atoms with Gasteiger partial charge in [0.15, 0.2) is 0 Å². The average Bonchev–Trinajstić information content (AvgIpc) is 2.51. The van der Waals surface area contributed by atoms with Crippen LogP contribution in [0.3, 0.4) is 0 Å². The summed E-state index contributed by atoms with van der Waals surface area (Å²) in [7, 11) is 0. The zero-order valence-corrected chi connectivity index (χ0v) is 13.2. The number of rotatable bonds is 3. The van der Waals surface area contributed by atoms with Crippen molar-refractivity contribution in [3.63, 3.8) is 0 Å². The molecule has 0 N–H and O–H groups in total. The van der Waals surface area contributed by atoms with Gasteiger partial charge in [-0.05, 0) is 12.1 Å². The number of benzene rings is 1. The number of ether oxygens (including phenoxy) is 2. The van der Waals surface area contributed by atoms with Crippen LogP contribution in [0.1, 0.15) is 40.5 Å². The zero-order chi connectivity index (χ0) is 17.1. The highest BCUT2D eigenvalue weighted by Crippen LogP contribution is 2.21. The van der Waals surface area contributed by atoms with Crippen molar-refractivity contribution in [2.45, 2.75) is 46.6 Å². The van der Waals surface area contributed by atoms with Crippen LogP contribution in [0.4, 0.5) is 5.69 Å². The molecule has 2 rings (SSSR count). The van der Waals surface area contributed by atoms with Crippen molar-refractivity contribution in [1.82, 2.24) is 0 Å².